The van der Waals surface area contributed by atoms with Gasteiger partial charge in [-0.3, -0.25) is 9.48 Å². The van der Waals surface area contributed by atoms with Gasteiger partial charge in [-0.2, -0.15) is 5.10 Å². The number of carbonyl (C=O) groups excluding carboxylic acids is 1. The van der Waals surface area contributed by atoms with E-state index in [1.54, 1.807) is 6.20 Å². The average Bonchev–Trinajstić information content (AvgIpc) is 2.84. The standard InChI is InChI=1S/C15H27N3O/c1-3-5-13(8-9-16)6-7-15(19)10-14-11-17-18(4-2)12-14/h11-13H,3-10,16H2,1-2H3. The number of aromatic nitrogens is 2. The first kappa shape index (κ1) is 15.9. The zero-order chi connectivity index (χ0) is 14.1. The number of hydrogen-bond acceptors (Lipinski definition) is 3. The van der Waals surface area contributed by atoms with E-state index in [4.69, 9.17) is 5.73 Å². The molecule has 0 radical (unpaired) electrons. The molecule has 19 heavy (non-hydrogen) atoms. The second kappa shape index (κ2) is 8.86. The van der Waals surface area contributed by atoms with Crippen LogP contribution in [0.5, 0.6) is 0 Å². The second-order valence-electron chi connectivity index (χ2n) is 5.19. The first-order chi connectivity index (χ1) is 9.19. The van der Waals surface area contributed by atoms with Gasteiger partial charge in [0.2, 0.25) is 0 Å². The van der Waals surface area contributed by atoms with Gasteiger partial charge in [0.15, 0.2) is 0 Å². The first-order valence-corrected chi connectivity index (χ1v) is 7.42. The maximum absolute atomic E-state index is 12.0. The lowest BCUT2D eigenvalue weighted by atomic mass is 9.92. The molecule has 1 atom stereocenters. The predicted octanol–water partition coefficient (Wildman–Crippen LogP) is 2.56. The molecule has 0 bridgehead atoms. The topological polar surface area (TPSA) is 60.9 Å². The highest BCUT2D eigenvalue weighted by molar-refractivity contribution is 5.80. The molecule has 0 amide bonds. The monoisotopic (exact) mass is 265 g/mol. The number of aryl methyl sites for hydroxylation is 1. The SMILES string of the molecule is CCCC(CCN)CCC(=O)Cc1cnn(CC)c1. The van der Waals surface area contributed by atoms with Crippen molar-refractivity contribution in [2.75, 3.05) is 6.54 Å². The van der Waals surface area contributed by atoms with Crippen molar-refractivity contribution in [1.82, 2.24) is 9.78 Å². The van der Waals surface area contributed by atoms with Gasteiger partial charge in [0.05, 0.1) is 6.20 Å². The number of carbonyl (C=O) groups is 1. The summed E-state index contributed by atoms with van der Waals surface area (Å²) in [7, 11) is 0. The van der Waals surface area contributed by atoms with Crippen LogP contribution in [0.15, 0.2) is 12.4 Å². The van der Waals surface area contributed by atoms with Gasteiger partial charge in [0, 0.05) is 25.6 Å². The molecule has 0 spiro atoms. The minimum atomic E-state index is 0.314. The Morgan fingerprint density at radius 2 is 2.16 bits per heavy atom. The fraction of sp³-hybridized carbons (Fsp3) is 0.733. The van der Waals surface area contributed by atoms with Crippen LogP contribution in [0.3, 0.4) is 0 Å². The molecular formula is C15H27N3O. The Morgan fingerprint density at radius 3 is 2.74 bits per heavy atom. The van der Waals surface area contributed by atoms with Gasteiger partial charge >= 0.3 is 0 Å². The summed E-state index contributed by atoms with van der Waals surface area (Å²) in [6.07, 6.45) is 9.30. The maximum atomic E-state index is 12.0. The van der Waals surface area contributed by atoms with Gasteiger partial charge in [-0.15, -0.1) is 0 Å². The Morgan fingerprint density at radius 1 is 1.37 bits per heavy atom. The van der Waals surface area contributed by atoms with Gasteiger partial charge in [-0.05, 0) is 37.8 Å². The van der Waals surface area contributed by atoms with Crippen molar-refractivity contribution in [3.8, 4) is 0 Å². The third kappa shape index (κ3) is 6.01. The van der Waals surface area contributed by atoms with E-state index < -0.39 is 0 Å². The van der Waals surface area contributed by atoms with Crippen molar-refractivity contribution in [2.24, 2.45) is 11.7 Å². The van der Waals surface area contributed by atoms with Gasteiger partial charge in [-0.1, -0.05) is 19.8 Å². The van der Waals surface area contributed by atoms with Crippen LogP contribution in [0.4, 0.5) is 0 Å². The highest BCUT2D eigenvalue weighted by atomic mass is 16.1. The molecule has 1 aromatic rings. The molecule has 0 aliphatic rings. The summed E-state index contributed by atoms with van der Waals surface area (Å²) in [6, 6.07) is 0. The van der Waals surface area contributed by atoms with Crippen LogP contribution in [0.25, 0.3) is 0 Å². The summed E-state index contributed by atoms with van der Waals surface area (Å²) in [4.78, 5) is 12.0. The lowest BCUT2D eigenvalue weighted by Crippen LogP contribution is -2.11. The minimum absolute atomic E-state index is 0.314. The van der Waals surface area contributed by atoms with E-state index in [-0.39, 0.29) is 0 Å². The third-order valence-corrected chi connectivity index (χ3v) is 3.52. The third-order valence-electron chi connectivity index (χ3n) is 3.52. The normalized spacial score (nSPS) is 12.6. The molecule has 0 aliphatic carbocycles. The molecular weight excluding hydrogens is 238 g/mol. The summed E-state index contributed by atoms with van der Waals surface area (Å²) in [5, 5.41) is 4.19. The molecule has 2 N–H and O–H groups in total. The van der Waals surface area contributed by atoms with Crippen molar-refractivity contribution in [3.05, 3.63) is 18.0 Å². The Bertz CT molecular complexity index is 367. The number of Topliss-reactive ketones (excluding diaryl/α,β-unsaturated/α-hetero) is 1. The molecule has 1 unspecified atom stereocenters. The number of rotatable bonds is 10. The number of ketones is 1. The summed E-state index contributed by atoms with van der Waals surface area (Å²) < 4.78 is 1.86. The van der Waals surface area contributed by atoms with E-state index >= 15 is 0 Å². The van der Waals surface area contributed by atoms with Crippen LogP contribution in [-0.2, 0) is 17.8 Å². The minimum Gasteiger partial charge on any atom is -0.330 e. The van der Waals surface area contributed by atoms with E-state index in [2.05, 4.69) is 12.0 Å². The fourth-order valence-corrected chi connectivity index (χ4v) is 2.43. The first-order valence-electron chi connectivity index (χ1n) is 7.42. The highest BCUT2D eigenvalue weighted by Crippen LogP contribution is 2.17. The second-order valence-corrected chi connectivity index (χ2v) is 5.19. The Labute approximate surface area is 116 Å². The summed E-state index contributed by atoms with van der Waals surface area (Å²) >= 11 is 0. The van der Waals surface area contributed by atoms with Crippen molar-refractivity contribution < 1.29 is 4.79 Å². The van der Waals surface area contributed by atoms with E-state index in [1.165, 1.54) is 12.8 Å². The van der Waals surface area contributed by atoms with Gasteiger partial charge in [0.25, 0.3) is 0 Å². The molecule has 0 saturated heterocycles. The largest absolute Gasteiger partial charge is 0.330 e. The Balaban J connectivity index is 2.33. The van der Waals surface area contributed by atoms with Crippen LogP contribution in [0.2, 0.25) is 0 Å². The van der Waals surface area contributed by atoms with Crippen molar-refractivity contribution >= 4 is 5.78 Å². The van der Waals surface area contributed by atoms with Gasteiger partial charge in [0.1, 0.15) is 5.78 Å². The van der Waals surface area contributed by atoms with Crippen molar-refractivity contribution in [2.45, 2.75) is 58.9 Å². The highest BCUT2D eigenvalue weighted by Gasteiger charge is 2.11. The number of nitrogens with two attached hydrogens (primary N) is 1. The smallest absolute Gasteiger partial charge is 0.137 e. The van der Waals surface area contributed by atoms with Crippen LogP contribution >= 0.6 is 0 Å². The van der Waals surface area contributed by atoms with Gasteiger partial charge in [-0.25, -0.2) is 0 Å². The van der Waals surface area contributed by atoms with E-state index in [9.17, 15) is 4.79 Å². The Kier molecular flexibility index (Phi) is 7.41. The van der Waals surface area contributed by atoms with E-state index in [0.29, 0.717) is 24.5 Å². The molecule has 1 heterocycles. The van der Waals surface area contributed by atoms with Crippen molar-refractivity contribution in [3.63, 3.8) is 0 Å². The lowest BCUT2D eigenvalue weighted by Gasteiger charge is -2.14. The Hall–Kier alpha value is -1.16. The molecule has 108 valence electrons. The van der Waals surface area contributed by atoms with Crippen LogP contribution in [-0.4, -0.2) is 22.1 Å². The zero-order valence-corrected chi connectivity index (χ0v) is 12.3. The predicted molar refractivity (Wildman–Crippen MR) is 77.9 cm³/mol. The van der Waals surface area contributed by atoms with E-state index in [0.717, 1.165) is 31.5 Å². The zero-order valence-electron chi connectivity index (χ0n) is 12.3. The molecule has 1 aromatic heterocycles. The average molecular weight is 265 g/mol. The molecule has 0 aromatic carbocycles. The molecule has 0 aliphatic heterocycles. The van der Waals surface area contributed by atoms with Crippen LogP contribution in [0, 0.1) is 5.92 Å². The lowest BCUT2D eigenvalue weighted by molar-refractivity contribution is -0.118. The summed E-state index contributed by atoms with van der Waals surface area (Å²) in [5.41, 5.74) is 6.64. The number of nitrogens with zero attached hydrogens (tertiary/aromatic N) is 2. The molecule has 1 rings (SSSR count). The van der Waals surface area contributed by atoms with Gasteiger partial charge < -0.3 is 5.73 Å². The van der Waals surface area contributed by atoms with Crippen LogP contribution < -0.4 is 5.73 Å². The summed E-state index contributed by atoms with van der Waals surface area (Å²) in [5.74, 6) is 0.922. The molecule has 4 nitrogen and oxygen atoms in total. The summed E-state index contributed by atoms with van der Waals surface area (Å²) in [6.45, 7) is 5.80. The van der Waals surface area contributed by atoms with E-state index in [1.807, 2.05) is 17.8 Å². The number of hydrogen-bond donors (Lipinski definition) is 1. The molecule has 4 heteroatoms. The van der Waals surface area contributed by atoms with Crippen molar-refractivity contribution in [1.29, 1.82) is 0 Å². The fourth-order valence-electron chi connectivity index (χ4n) is 2.43. The quantitative estimate of drug-likeness (QED) is 0.707. The molecule has 0 fully saturated rings. The maximum Gasteiger partial charge on any atom is 0.137 e. The van der Waals surface area contributed by atoms with Crippen LogP contribution in [0.1, 0.15) is 51.5 Å². The molecule has 0 saturated carbocycles.